The molecule has 50 valence electrons. The summed E-state index contributed by atoms with van der Waals surface area (Å²) in [5.74, 6) is 0. The van der Waals surface area contributed by atoms with Gasteiger partial charge in [-0.25, -0.2) is 0 Å². The number of hydrogen-bond donors (Lipinski definition) is 2. The average Bonchev–Trinajstić information content (AvgIpc) is 1.93. The van der Waals surface area contributed by atoms with Gasteiger partial charge < -0.3 is 15.3 Å². The van der Waals surface area contributed by atoms with Crippen LogP contribution in [0.25, 0.3) is 0 Å². The molecule has 0 atom stereocenters. The molecule has 1 aliphatic heterocycles. The Morgan fingerprint density at radius 3 is 2.00 bits per heavy atom. The predicted molar refractivity (Wildman–Crippen MR) is 30.1 cm³/mol. The molecule has 0 saturated carbocycles. The van der Waals surface area contributed by atoms with Crippen LogP contribution in [0.1, 0.15) is 0 Å². The van der Waals surface area contributed by atoms with Crippen LogP contribution in [0.3, 0.4) is 0 Å². The largest absolute Gasteiger partial charge is 0.470 e. The van der Waals surface area contributed by atoms with Crippen LogP contribution < -0.4 is 5.32 Å². The summed E-state index contributed by atoms with van der Waals surface area (Å²) in [5, 5.41) is 10.7. The van der Waals surface area contributed by atoms with Crippen LogP contribution in [0.2, 0.25) is 0 Å². The summed E-state index contributed by atoms with van der Waals surface area (Å²) in [6, 6.07) is 0. The second kappa shape index (κ2) is 6.48. The van der Waals surface area contributed by atoms with Crippen molar-refractivity contribution in [3.8, 4) is 0 Å². The first-order chi connectivity index (χ1) is 4.41. The predicted octanol–water partition coefficient (Wildman–Crippen LogP) is 0.691. The van der Waals surface area contributed by atoms with Crippen molar-refractivity contribution in [1.29, 1.82) is 0 Å². The number of nitrogens with zero attached hydrogens (tertiary/aromatic N) is 1. The fraction of sp³-hybridized carbons (Fsp3) is 0. The van der Waals surface area contributed by atoms with Gasteiger partial charge in [-0.1, -0.05) is 0 Å². The van der Waals surface area contributed by atoms with Crippen molar-refractivity contribution in [1.82, 2.24) is 5.32 Å². The van der Waals surface area contributed by atoms with E-state index in [1.165, 1.54) is 5.34 Å². The zero-order chi connectivity index (χ0) is 6.95. The average molecular weight is 130 g/mol. The summed E-state index contributed by atoms with van der Waals surface area (Å²) in [4.78, 5) is 8.11. The fourth-order valence-electron chi connectivity index (χ4n) is 0.258. The molecule has 5 heteroatoms. The van der Waals surface area contributed by atoms with Gasteiger partial charge >= 0.3 is 0 Å². The highest BCUT2D eigenvalue weighted by molar-refractivity contribution is 4.87. The van der Waals surface area contributed by atoms with Gasteiger partial charge in [0.05, 0.1) is 0 Å². The standard InChI is InChI=1S/C4H5NO.HNO2/c1-3-6-4-2-5-1;2-1-3/h1-5H;(H,2,3). The molecular weight excluding hydrogens is 124 g/mol. The molecule has 0 aromatic heterocycles. The van der Waals surface area contributed by atoms with Gasteiger partial charge in [0.2, 0.25) is 0 Å². The topological polar surface area (TPSA) is 70.9 Å². The molecule has 2 N–H and O–H groups in total. The van der Waals surface area contributed by atoms with E-state index in [9.17, 15) is 0 Å². The van der Waals surface area contributed by atoms with Crippen molar-refractivity contribution in [2.45, 2.75) is 0 Å². The molecule has 9 heavy (non-hydrogen) atoms. The minimum Gasteiger partial charge on any atom is -0.470 e. The van der Waals surface area contributed by atoms with Crippen molar-refractivity contribution in [2.75, 3.05) is 0 Å². The first-order valence-corrected chi connectivity index (χ1v) is 2.10. The molecule has 0 spiro atoms. The zero-order valence-corrected chi connectivity index (χ0v) is 4.52. The van der Waals surface area contributed by atoms with Crippen LogP contribution in [0, 0.1) is 4.91 Å². The molecule has 0 unspecified atom stereocenters. The Morgan fingerprint density at radius 1 is 1.44 bits per heavy atom. The highest BCUT2D eigenvalue weighted by atomic mass is 16.6. The summed E-state index contributed by atoms with van der Waals surface area (Å²) in [6.45, 7) is 0. The quantitative estimate of drug-likeness (QED) is 0.374. The normalized spacial score (nSPS) is 12.0. The highest BCUT2D eigenvalue weighted by Crippen LogP contribution is 1.81. The van der Waals surface area contributed by atoms with Crippen molar-refractivity contribution in [2.24, 2.45) is 5.34 Å². The van der Waals surface area contributed by atoms with E-state index in [0.717, 1.165) is 0 Å². The molecule has 0 aromatic rings. The van der Waals surface area contributed by atoms with Gasteiger partial charge in [-0.3, -0.25) is 0 Å². The minimum absolute atomic E-state index is 1.25. The molecule has 0 saturated heterocycles. The Kier molecular flexibility index (Phi) is 5.39. The summed E-state index contributed by atoms with van der Waals surface area (Å²) in [6.07, 6.45) is 6.56. The van der Waals surface area contributed by atoms with E-state index in [2.05, 4.69) is 10.1 Å². The van der Waals surface area contributed by atoms with Gasteiger partial charge in [0.25, 0.3) is 0 Å². The van der Waals surface area contributed by atoms with Crippen LogP contribution in [-0.4, -0.2) is 5.21 Å². The van der Waals surface area contributed by atoms with Crippen LogP contribution in [0.5, 0.6) is 0 Å². The maximum absolute atomic E-state index is 8.11. The SMILES string of the molecule is C1=COC=CN1.O=NO. The van der Waals surface area contributed by atoms with Crippen LogP contribution in [0.4, 0.5) is 0 Å². The van der Waals surface area contributed by atoms with E-state index in [-0.39, 0.29) is 0 Å². The maximum Gasteiger partial charge on any atom is 0.152 e. The molecule has 0 amide bonds. The maximum atomic E-state index is 8.11. The van der Waals surface area contributed by atoms with Gasteiger partial charge in [-0.2, -0.15) is 0 Å². The van der Waals surface area contributed by atoms with E-state index in [0.29, 0.717) is 0 Å². The summed E-state index contributed by atoms with van der Waals surface area (Å²) >= 11 is 0. The third-order valence-corrected chi connectivity index (χ3v) is 0.486. The lowest BCUT2D eigenvalue weighted by Gasteiger charge is -1.94. The molecule has 5 nitrogen and oxygen atoms in total. The number of rotatable bonds is 0. The van der Waals surface area contributed by atoms with Crippen LogP contribution >= 0.6 is 0 Å². The second-order valence-electron chi connectivity index (χ2n) is 0.990. The van der Waals surface area contributed by atoms with E-state index in [1.807, 2.05) is 0 Å². The van der Waals surface area contributed by atoms with Crippen LogP contribution in [-0.2, 0) is 4.74 Å². The second-order valence-corrected chi connectivity index (χ2v) is 0.990. The number of ether oxygens (including phenoxy) is 1. The van der Waals surface area contributed by atoms with E-state index in [4.69, 9.17) is 10.1 Å². The minimum atomic E-state index is 1.25. The lowest BCUT2D eigenvalue weighted by Crippen LogP contribution is -1.94. The van der Waals surface area contributed by atoms with Gasteiger partial charge in [0.1, 0.15) is 12.5 Å². The first-order valence-electron chi connectivity index (χ1n) is 2.10. The van der Waals surface area contributed by atoms with Gasteiger partial charge in [-0.15, -0.1) is 4.91 Å². The van der Waals surface area contributed by atoms with E-state index in [1.54, 1.807) is 24.9 Å². The molecule has 1 rings (SSSR count). The lowest BCUT2D eigenvalue weighted by molar-refractivity contribution is 0.312. The van der Waals surface area contributed by atoms with Crippen LogP contribution in [0.15, 0.2) is 30.3 Å². The Morgan fingerprint density at radius 2 is 1.89 bits per heavy atom. The monoisotopic (exact) mass is 130 g/mol. The molecule has 0 bridgehead atoms. The molecule has 0 aromatic carbocycles. The number of hydrogen-bond acceptors (Lipinski definition) is 4. The first kappa shape index (κ1) is 7.48. The number of nitrogens with one attached hydrogen (secondary N) is 1. The molecule has 1 heterocycles. The Labute approximate surface area is 51.6 Å². The molecule has 0 fully saturated rings. The molecule has 0 aliphatic carbocycles. The van der Waals surface area contributed by atoms with Crippen molar-refractivity contribution in [3.05, 3.63) is 29.8 Å². The molecular formula is C4H6N2O3. The van der Waals surface area contributed by atoms with Gasteiger partial charge in [-0.05, 0) is 0 Å². The Hall–Kier alpha value is -1.52. The smallest absolute Gasteiger partial charge is 0.152 e. The van der Waals surface area contributed by atoms with Crippen molar-refractivity contribution >= 4 is 0 Å². The molecule has 0 radical (unpaired) electrons. The summed E-state index contributed by atoms with van der Waals surface area (Å²) < 4.78 is 4.65. The van der Waals surface area contributed by atoms with Crippen molar-refractivity contribution < 1.29 is 9.94 Å². The molecule has 1 aliphatic rings. The highest BCUT2D eigenvalue weighted by Gasteiger charge is 1.72. The Balaban J connectivity index is 0.000000187. The third kappa shape index (κ3) is 6.48. The third-order valence-electron chi connectivity index (χ3n) is 0.486. The Bertz CT molecular complexity index is 101. The lowest BCUT2D eigenvalue weighted by atomic mass is 10.8. The van der Waals surface area contributed by atoms with Crippen molar-refractivity contribution in [3.63, 3.8) is 0 Å². The fourth-order valence-corrected chi connectivity index (χ4v) is 0.258. The summed E-state index contributed by atoms with van der Waals surface area (Å²) in [7, 11) is 0. The van der Waals surface area contributed by atoms with E-state index < -0.39 is 0 Å². The zero-order valence-electron chi connectivity index (χ0n) is 4.52. The summed E-state index contributed by atoms with van der Waals surface area (Å²) in [5.41, 5.74) is 0. The van der Waals surface area contributed by atoms with Gasteiger partial charge in [0, 0.05) is 12.4 Å². The van der Waals surface area contributed by atoms with E-state index >= 15 is 0 Å². The van der Waals surface area contributed by atoms with Gasteiger partial charge in [0.15, 0.2) is 5.34 Å².